The first-order valence-corrected chi connectivity index (χ1v) is 5.33. The van der Waals surface area contributed by atoms with Crippen molar-refractivity contribution in [1.82, 2.24) is 0 Å². The largest absolute Gasteiger partial charge is 0.483 e. The molecular weight excluding hydrogens is 163 g/mol. The molecule has 1 rings (SSSR count). The Morgan fingerprint density at radius 3 is 3.00 bits per heavy atom. The zero-order chi connectivity index (χ0) is 9.52. The van der Waals surface area contributed by atoms with Crippen LogP contribution in [0, 0.1) is 0 Å². The molecule has 1 aliphatic heterocycles. The summed E-state index contributed by atoms with van der Waals surface area (Å²) in [5.41, 5.74) is 0. The van der Waals surface area contributed by atoms with E-state index in [0.29, 0.717) is 0 Å². The van der Waals surface area contributed by atoms with Crippen molar-refractivity contribution in [2.75, 3.05) is 0 Å². The quantitative estimate of drug-likeness (QED) is 0.522. The Morgan fingerprint density at radius 2 is 2.31 bits per heavy atom. The van der Waals surface area contributed by atoms with Gasteiger partial charge in [-0.3, -0.25) is 0 Å². The van der Waals surface area contributed by atoms with Crippen molar-refractivity contribution in [2.24, 2.45) is 0 Å². The maximum absolute atomic E-state index is 9.17. The zero-order valence-electron chi connectivity index (χ0n) is 8.41. The molecule has 1 atom stereocenters. The molecule has 0 saturated heterocycles. The van der Waals surface area contributed by atoms with Crippen LogP contribution in [0.1, 0.15) is 45.4 Å². The number of unbranched alkanes of at least 4 members (excludes halogenated alkanes) is 3. The van der Waals surface area contributed by atoms with Gasteiger partial charge in [0.05, 0.1) is 0 Å². The highest BCUT2D eigenvalue weighted by atomic mass is 16.5. The van der Waals surface area contributed by atoms with Crippen LogP contribution in [0.5, 0.6) is 0 Å². The summed E-state index contributed by atoms with van der Waals surface area (Å²) >= 11 is 0. The van der Waals surface area contributed by atoms with Crippen LogP contribution in [0.15, 0.2) is 12.1 Å². The Labute approximate surface area is 81.1 Å². The molecule has 2 nitrogen and oxygen atoms in total. The summed E-state index contributed by atoms with van der Waals surface area (Å²) in [5, 5.41) is 9.17. The first kappa shape index (κ1) is 10.8. The molecule has 0 saturated carbocycles. The van der Waals surface area contributed by atoms with Crippen LogP contribution in [-0.2, 0) is 4.65 Å². The first-order valence-electron chi connectivity index (χ1n) is 5.33. The van der Waals surface area contributed by atoms with E-state index in [1.165, 1.54) is 25.7 Å². The molecule has 1 unspecified atom stereocenters. The highest BCUT2D eigenvalue weighted by molar-refractivity contribution is 6.49. The maximum atomic E-state index is 9.17. The summed E-state index contributed by atoms with van der Waals surface area (Å²) in [5.74, 6) is 1.71. The van der Waals surface area contributed by atoms with Crippen molar-refractivity contribution in [3.8, 4) is 0 Å². The van der Waals surface area contributed by atoms with E-state index in [2.05, 4.69) is 6.92 Å². The summed E-state index contributed by atoms with van der Waals surface area (Å²) in [6, 6.07) is 0. The number of hydrogen-bond acceptors (Lipinski definition) is 2. The fourth-order valence-electron chi connectivity index (χ4n) is 1.63. The number of rotatable bonds is 5. The zero-order valence-corrected chi connectivity index (χ0v) is 8.41. The molecule has 1 heterocycles. The Bertz CT molecular complexity index is 159. The van der Waals surface area contributed by atoms with Crippen molar-refractivity contribution in [3.63, 3.8) is 0 Å². The third-order valence-corrected chi connectivity index (χ3v) is 2.41. The van der Waals surface area contributed by atoms with Gasteiger partial charge in [-0.1, -0.05) is 44.7 Å². The fourth-order valence-corrected chi connectivity index (χ4v) is 1.63. The van der Waals surface area contributed by atoms with Gasteiger partial charge in [-0.25, -0.2) is 0 Å². The van der Waals surface area contributed by atoms with Crippen LogP contribution < -0.4 is 0 Å². The molecule has 1 aliphatic rings. The third kappa shape index (κ3) is 4.48. The Kier molecular flexibility index (Phi) is 5.17. The molecule has 74 valence electrons. The second kappa shape index (κ2) is 6.22. The topological polar surface area (TPSA) is 29.5 Å². The van der Waals surface area contributed by atoms with Crippen LogP contribution in [0.2, 0.25) is 0 Å². The standard InChI is InChI=1S/C10H19BO2/c1-2-3-4-5-7-10-8-6-9-11(12)13-10/h6,9-10,12H,2-5,7-8H2,1H3. The number of hydrogen-bond donors (Lipinski definition) is 1. The lowest BCUT2D eigenvalue weighted by molar-refractivity contribution is 0.156. The SMILES string of the molecule is CCCCCCC1CC=CB(O)O1. The van der Waals surface area contributed by atoms with E-state index in [0.717, 1.165) is 12.8 Å². The normalized spacial score (nSPS) is 22.3. The minimum atomic E-state index is -0.662. The molecule has 1 N–H and O–H groups in total. The lowest BCUT2D eigenvalue weighted by Gasteiger charge is -2.20. The van der Waals surface area contributed by atoms with Gasteiger partial charge in [0, 0.05) is 6.10 Å². The van der Waals surface area contributed by atoms with E-state index in [4.69, 9.17) is 4.65 Å². The van der Waals surface area contributed by atoms with Gasteiger partial charge in [0.2, 0.25) is 0 Å². The maximum Gasteiger partial charge on any atom is 0.483 e. The van der Waals surface area contributed by atoms with E-state index in [-0.39, 0.29) is 6.10 Å². The second-order valence-corrected chi connectivity index (χ2v) is 3.66. The van der Waals surface area contributed by atoms with E-state index >= 15 is 0 Å². The monoisotopic (exact) mass is 182 g/mol. The molecular formula is C10H19BO2. The van der Waals surface area contributed by atoms with Crippen molar-refractivity contribution in [1.29, 1.82) is 0 Å². The third-order valence-electron chi connectivity index (χ3n) is 2.41. The van der Waals surface area contributed by atoms with Gasteiger partial charge >= 0.3 is 7.12 Å². The van der Waals surface area contributed by atoms with Gasteiger partial charge in [0.15, 0.2) is 0 Å². The predicted molar refractivity (Wildman–Crippen MR) is 55.4 cm³/mol. The van der Waals surface area contributed by atoms with Crippen LogP contribution in [0.25, 0.3) is 0 Å². The van der Waals surface area contributed by atoms with Crippen molar-refractivity contribution in [3.05, 3.63) is 12.1 Å². The molecule has 0 aromatic heterocycles. The second-order valence-electron chi connectivity index (χ2n) is 3.66. The molecule has 0 spiro atoms. The van der Waals surface area contributed by atoms with E-state index in [1.807, 2.05) is 6.08 Å². The van der Waals surface area contributed by atoms with Crippen molar-refractivity contribution < 1.29 is 9.68 Å². The van der Waals surface area contributed by atoms with Gasteiger partial charge < -0.3 is 9.68 Å². The van der Waals surface area contributed by atoms with Gasteiger partial charge in [-0.15, -0.1) is 0 Å². The molecule has 3 heteroatoms. The average Bonchev–Trinajstić information content (AvgIpc) is 2.13. The van der Waals surface area contributed by atoms with Gasteiger partial charge in [0.25, 0.3) is 0 Å². The Hall–Kier alpha value is -0.275. The smallest absolute Gasteiger partial charge is 0.423 e. The average molecular weight is 182 g/mol. The van der Waals surface area contributed by atoms with E-state index in [9.17, 15) is 5.02 Å². The molecule has 0 aromatic carbocycles. The molecule has 13 heavy (non-hydrogen) atoms. The molecule has 0 aliphatic carbocycles. The molecule has 0 bridgehead atoms. The lowest BCUT2D eigenvalue weighted by Crippen LogP contribution is -2.27. The molecule has 0 fully saturated rings. The van der Waals surface area contributed by atoms with Crippen molar-refractivity contribution >= 4 is 7.12 Å². The van der Waals surface area contributed by atoms with Crippen LogP contribution >= 0.6 is 0 Å². The van der Waals surface area contributed by atoms with Crippen LogP contribution in [0.4, 0.5) is 0 Å². The van der Waals surface area contributed by atoms with Crippen molar-refractivity contribution in [2.45, 2.75) is 51.6 Å². The van der Waals surface area contributed by atoms with Gasteiger partial charge in [0.1, 0.15) is 0 Å². The Morgan fingerprint density at radius 1 is 1.46 bits per heavy atom. The summed E-state index contributed by atoms with van der Waals surface area (Å²) < 4.78 is 5.34. The summed E-state index contributed by atoms with van der Waals surface area (Å²) in [6.45, 7) is 2.21. The van der Waals surface area contributed by atoms with Crippen LogP contribution in [0.3, 0.4) is 0 Å². The van der Waals surface area contributed by atoms with E-state index in [1.54, 1.807) is 5.98 Å². The Balaban J connectivity index is 2.05. The molecule has 0 radical (unpaired) electrons. The van der Waals surface area contributed by atoms with Gasteiger partial charge in [-0.05, 0) is 12.8 Å². The summed E-state index contributed by atoms with van der Waals surface area (Å²) in [4.78, 5) is 0. The molecule has 0 amide bonds. The minimum absolute atomic E-state index is 0.247. The molecule has 0 aromatic rings. The fraction of sp³-hybridized carbons (Fsp3) is 0.800. The summed E-state index contributed by atoms with van der Waals surface area (Å²) in [7, 11) is -0.662. The predicted octanol–water partition coefficient (Wildman–Crippen LogP) is 2.32. The minimum Gasteiger partial charge on any atom is -0.423 e. The van der Waals surface area contributed by atoms with Crippen LogP contribution in [-0.4, -0.2) is 18.2 Å². The highest BCUT2D eigenvalue weighted by Crippen LogP contribution is 2.15. The van der Waals surface area contributed by atoms with E-state index < -0.39 is 7.12 Å². The lowest BCUT2D eigenvalue weighted by atomic mass is 9.85. The first-order chi connectivity index (χ1) is 6.33. The highest BCUT2D eigenvalue weighted by Gasteiger charge is 2.19. The summed E-state index contributed by atoms with van der Waals surface area (Å²) in [6.07, 6.45) is 9.40. The van der Waals surface area contributed by atoms with Gasteiger partial charge in [-0.2, -0.15) is 0 Å².